The number of benzene rings is 1. The molecule has 0 saturated heterocycles. The maximum absolute atomic E-state index is 11.0. The average Bonchev–Trinajstić information content (AvgIpc) is 2.36. The molecule has 20 heavy (non-hydrogen) atoms. The Labute approximate surface area is 121 Å². The van der Waals surface area contributed by atoms with Gasteiger partial charge in [-0.05, 0) is 44.0 Å². The van der Waals surface area contributed by atoms with E-state index < -0.39 is 11.4 Å². The first-order chi connectivity index (χ1) is 9.31. The number of ether oxygens (including phenoxy) is 1. The van der Waals surface area contributed by atoms with Crippen molar-refractivity contribution in [3.8, 4) is 5.75 Å². The minimum Gasteiger partial charge on any atom is -0.492 e. The first-order valence-electron chi connectivity index (χ1n) is 6.97. The molecule has 4 nitrogen and oxygen atoms in total. The van der Waals surface area contributed by atoms with E-state index >= 15 is 0 Å². The zero-order valence-corrected chi connectivity index (χ0v) is 12.8. The van der Waals surface area contributed by atoms with Gasteiger partial charge in [-0.2, -0.15) is 0 Å². The number of nitrogens with one attached hydrogen (secondary N) is 1. The van der Waals surface area contributed by atoms with Crippen molar-refractivity contribution in [2.75, 3.05) is 13.2 Å². The number of aliphatic carboxylic acids is 1. The molecule has 0 spiro atoms. The predicted molar refractivity (Wildman–Crippen MR) is 79.9 cm³/mol. The third-order valence-electron chi connectivity index (χ3n) is 2.96. The second-order valence-electron chi connectivity index (χ2n) is 6.15. The Morgan fingerprint density at radius 2 is 2.10 bits per heavy atom. The molecule has 0 radical (unpaired) electrons. The van der Waals surface area contributed by atoms with E-state index in [0.717, 1.165) is 18.7 Å². The van der Waals surface area contributed by atoms with Gasteiger partial charge >= 0.3 is 5.97 Å². The molecule has 2 N–H and O–H groups in total. The highest BCUT2D eigenvalue weighted by Crippen LogP contribution is 2.19. The Hall–Kier alpha value is -1.55. The zero-order chi connectivity index (χ0) is 15.2. The second-order valence-corrected chi connectivity index (χ2v) is 6.15. The highest BCUT2D eigenvalue weighted by atomic mass is 16.5. The van der Waals surface area contributed by atoms with Crippen LogP contribution in [0.25, 0.3) is 0 Å². The molecule has 0 aliphatic heterocycles. The SMILES string of the molecule is CC(C)CNCc1cccc(OCC(C)(C)C(=O)O)c1. The Morgan fingerprint density at radius 3 is 2.70 bits per heavy atom. The first kappa shape index (κ1) is 16.5. The van der Waals surface area contributed by atoms with Crippen LogP contribution in [0.5, 0.6) is 5.75 Å². The molecule has 1 rings (SSSR count). The summed E-state index contributed by atoms with van der Waals surface area (Å²) < 4.78 is 5.59. The molecule has 0 unspecified atom stereocenters. The lowest BCUT2D eigenvalue weighted by atomic mass is 9.95. The highest BCUT2D eigenvalue weighted by Gasteiger charge is 2.28. The summed E-state index contributed by atoms with van der Waals surface area (Å²) in [6.07, 6.45) is 0. The van der Waals surface area contributed by atoms with Gasteiger partial charge in [-0.15, -0.1) is 0 Å². The standard InChI is InChI=1S/C16H25NO3/c1-12(2)9-17-10-13-6-5-7-14(8-13)20-11-16(3,4)15(18)19/h5-8,12,17H,9-11H2,1-4H3,(H,18,19). The molecule has 4 heteroatoms. The number of carboxylic acid groups (broad SMARTS) is 1. The van der Waals surface area contributed by atoms with Crippen LogP contribution in [0, 0.1) is 11.3 Å². The fourth-order valence-electron chi connectivity index (χ4n) is 1.58. The van der Waals surface area contributed by atoms with Crippen LogP contribution < -0.4 is 10.1 Å². The van der Waals surface area contributed by atoms with E-state index in [2.05, 4.69) is 19.2 Å². The monoisotopic (exact) mass is 279 g/mol. The molecule has 0 aromatic heterocycles. The van der Waals surface area contributed by atoms with Crippen molar-refractivity contribution >= 4 is 5.97 Å². The quantitative estimate of drug-likeness (QED) is 0.768. The lowest BCUT2D eigenvalue weighted by Gasteiger charge is -2.19. The number of hydrogen-bond donors (Lipinski definition) is 2. The molecule has 0 aliphatic rings. The van der Waals surface area contributed by atoms with Crippen molar-refractivity contribution in [1.82, 2.24) is 5.32 Å². The summed E-state index contributed by atoms with van der Waals surface area (Å²) in [5, 5.41) is 12.4. The Bertz CT molecular complexity index is 441. The maximum Gasteiger partial charge on any atom is 0.312 e. The number of carboxylic acids is 1. The second kappa shape index (κ2) is 7.29. The lowest BCUT2D eigenvalue weighted by molar-refractivity contribution is -0.148. The van der Waals surface area contributed by atoms with E-state index in [4.69, 9.17) is 9.84 Å². The van der Waals surface area contributed by atoms with E-state index in [1.54, 1.807) is 13.8 Å². The summed E-state index contributed by atoms with van der Waals surface area (Å²) >= 11 is 0. The summed E-state index contributed by atoms with van der Waals surface area (Å²) in [4.78, 5) is 11.0. The predicted octanol–water partition coefficient (Wildman–Crippen LogP) is 2.92. The third kappa shape index (κ3) is 5.61. The van der Waals surface area contributed by atoms with Crippen LogP contribution in [0.1, 0.15) is 33.3 Å². The van der Waals surface area contributed by atoms with E-state index in [9.17, 15) is 4.79 Å². The van der Waals surface area contributed by atoms with Crippen molar-refractivity contribution in [3.05, 3.63) is 29.8 Å². The maximum atomic E-state index is 11.0. The molecule has 1 aromatic rings. The van der Waals surface area contributed by atoms with Crippen molar-refractivity contribution in [1.29, 1.82) is 0 Å². The Morgan fingerprint density at radius 1 is 1.40 bits per heavy atom. The van der Waals surface area contributed by atoms with Crippen LogP contribution in [0.15, 0.2) is 24.3 Å². The number of rotatable bonds is 8. The van der Waals surface area contributed by atoms with Gasteiger partial charge in [-0.3, -0.25) is 4.79 Å². The lowest BCUT2D eigenvalue weighted by Crippen LogP contribution is -2.30. The van der Waals surface area contributed by atoms with E-state index in [1.807, 2.05) is 24.3 Å². The molecule has 0 heterocycles. The topological polar surface area (TPSA) is 58.6 Å². The zero-order valence-electron chi connectivity index (χ0n) is 12.8. The first-order valence-corrected chi connectivity index (χ1v) is 6.97. The third-order valence-corrected chi connectivity index (χ3v) is 2.96. The van der Waals surface area contributed by atoms with E-state index in [0.29, 0.717) is 11.7 Å². The fraction of sp³-hybridized carbons (Fsp3) is 0.562. The number of carbonyl (C=O) groups is 1. The van der Waals surface area contributed by atoms with Crippen LogP contribution in [0.3, 0.4) is 0 Å². The number of hydrogen-bond acceptors (Lipinski definition) is 3. The van der Waals surface area contributed by atoms with Crippen LogP contribution in [-0.2, 0) is 11.3 Å². The van der Waals surface area contributed by atoms with Gasteiger partial charge in [0.1, 0.15) is 12.4 Å². The van der Waals surface area contributed by atoms with Crippen LogP contribution in [-0.4, -0.2) is 24.2 Å². The summed E-state index contributed by atoms with van der Waals surface area (Å²) in [7, 11) is 0. The summed E-state index contributed by atoms with van der Waals surface area (Å²) in [6, 6.07) is 7.76. The van der Waals surface area contributed by atoms with Crippen LogP contribution in [0.4, 0.5) is 0 Å². The van der Waals surface area contributed by atoms with Gasteiger partial charge in [0.15, 0.2) is 0 Å². The van der Waals surface area contributed by atoms with Crippen LogP contribution >= 0.6 is 0 Å². The molecule has 112 valence electrons. The highest BCUT2D eigenvalue weighted by molar-refractivity contribution is 5.73. The van der Waals surface area contributed by atoms with Gasteiger partial charge in [0.05, 0.1) is 5.41 Å². The molecule has 0 saturated carbocycles. The van der Waals surface area contributed by atoms with Crippen molar-refractivity contribution in [2.24, 2.45) is 11.3 Å². The van der Waals surface area contributed by atoms with Crippen molar-refractivity contribution in [2.45, 2.75) is 34.2 Å². The van der Waals surface area contributed by atoms with Gasteiger partial charge in [0.25, 0.3) is 0 Å². The minimum absolute atomic E-state index is 0.158. The molecule has 1 aromatic carbocycles. The van der Waals surface area contributed by atoms with Crippen LogP contribution in [0.2, 0.25) is 0 Å². The van der Waals surface area contributed by atoms with Gasteiger partial charge in [-0.25, -0.2) is 0 Å². The molecular formula is C16H25NO3. The minimum atomic E-state index is -0.883. The molecule has 0 atom stereocenters. The van der Waals surface area contributed by atoms with Crippen molar-refractivity contribution < 1.29 is 14.6 Å². The normalized spacial score (nSPS) is 11.7. The summed E-state index contributed by atoms with van der Waals surface area (Å²) in [5.74, 6) is 0.473. The summed E-state index contributed by atoms with van der Waals surface area (Å²) in [5.41, 5.74) is 0.252. The largest absolute Gasteiger partial charge is 0.492 e. The molecule has 0 fully saturated rings. The van der Waals surface area contributed by atoms with Crippen molar-refractivity contribution in [3.63, 3.8) is 0 Å². The van der Waals surface area contributed by atoms with Gasteiger partial charge in [0.2, 0.25) is 0 Å². The van der Waals surface area contributed by atoms with Gasteiger partial charge < -0.3 is 15.2 Å². The van der Waals surface area contributed by atoms with Gasteiger partial charge in [-0.1, -0.05) is 26.0 Å². The smallest absolute Gasteiger partial charge is 0.312 e. The van der Waals surface area contributed by atoms with E-state index in [1.165, 1.54) is 0 Å². The Kier molecular flexibility index (Phi) is 6.02. The van der Waals surface area contributed by atoms with Gasteiger partial charge in [0, 0.05) is 6.54 Å². The molecule has 0 aliphatic carbocycles. The molecule has 0 amide bonds. The Balaban J connectivity index is 2.53. The average molecular weight is 279 g/mol. The molecule has 0 bridgehead atoms. The fourth-order valence-corrected chi connectivity index (χ4v) is 1.58. The summed E-state index contributed by atoms with van der Waals surface area (Å²) in [6.45, 7) is 9.56. The van der Waals surface area contributed by atoms with E-state index in [-0.39, 0.29) is 6.61 Å². The molecular weight excluding hydrogens is 254 g/mol.